The van der Waals surface area contributed by atoms with E-state index in [9.17, 15) is 13.6 Å². The Morgan fingerprint density at radius 2 is 2.05 bits per heavy atom. The molecule has 8 heteroatoms. The van der Waals surface area contributed by atoms with Gasteiger partial charge in [-0.15, -0.1) is 0 Å². The summed E-state index contributed by atoms with van der Waals surface area (Å²) in [5.41, 5.74) is 3.07. The van der Waals surface area contributed by atoms with Crippen molar-refractivity contribution >= 4 is 17.3 Å². The van der Waals surface area contributed by atoms with Gasteiger partial charge in [0, 0.05) is 6.20 Å². The van der Waals surface area contributed by atoms with E-state index in [1.165, 1.54) is 30.5 Å². The van der Waals surface area contributed by atoms with E-state index in [-0.39, 0.29) is 17.1 Å². The molecule has 0 bridgehead atoms. The molecular formula is C13H12F2N4O2. The molecule has 1 aromatic carbocycles. The van der Waals surface area contributed by atoms with Crippen molar-refractivity contribution in [1.82, 2.24) is 4.98 Å². The summed E-state index contributed by atoms with van der Waals surface area (Å²) in [7, 11) is 0. The number of alkyl halides is 2. The van der Waals surface area contributed by atoms with Crippen LogP contribution in [0.3, 0.4) is 0 Å². The van der Waals surface area contributed by atoms with E-state index in [0.29, 0.717) is 5.69 Å². The van der Waals surface area contributed by atoms with Crippen LogP contribution in [-0.4, -0.2) is 17.5 Å². The summed E-state index contributed by atoms with van der Waals surface area (Å²) in [6.45, 7) is -2.98. The number of nitrogens with zero attached hydrogens (tertiary/aromatic N) is 1. The standard InChI is InChI=1S/C13H12F2N4O2/c14-13(15)21-11-4-2-1-3-9(11)18-12(20)10-7-8(19-16)5-6-17-10/h1-7,13H,16H2,(H,17,19)(H,18,20). The number of halogens is 2. The van der Waals surface area contributed by atoms with Crippen LogP contribution in [0.15, 0.2) is 42.6 Å². The number of para-hydroxylation sites is 2. The maximum absolute atomic E-state index is 12.3. The largest absolute Gasteiger partial charge is 0.433 e. The zero-order valence-corrected chi connectivity index (χ0v) is 10.7. The van der Waals surface area contributed by atoms with Crippen LogP contribution < -0.4 is 21.3 Å². The van der Waals surface area contributed by atoms with Crippen molar-refractivity contribution in [2.75, 3.05) is 10.7 Å². The zero-order chi connectivity index (χ0) is 15.2. The molecule has 0 atom stereocenters. The van der Waals surface area contributed by atoms with Crippen LogP contribution in [-0.2, 0) is 0 Å². The highest BCUT2D eigenvalue weighted by Crippen LogP contribution is 2.25. The van der Waals surface area contributed by atoms with Gasteiger partial charge >= 0.3 is 6.61 Å². The van der Waals surface area contributed by atoms with Crippen molar-refractivity contribution in [3.63, 3.8) is 0 Å². The van der Waals surface area contributed by atoms with E-state index < -0.39 is 12.5 Å². The lowest BCUT2D eigenvalue weighted by Gasteiger charge is -2.11. The Morgan fingerprint density at radius 3 is 2.76 bits per heavy atom. The summed E-state index contributed by atoms with van der Waals surface area (Å²) in [5.74, 6) is 4.54. The molecule has 0 fully saturated rings. The number of aromatic nitrogens is 1. The first-order chi connectivity index (χ1) is 10.1. The van der Waals surface area contributed by atoms with Crippen LogP contribution in [0.4, 0.5) is 20.2 Å². The number of pyridine rings is 1. The highest BCUT2D eigenvalue weighted by Gasteiger charge is 2.13. The third-order valence-electron chi connectivity index (χ3n) is 2.51. The molecule has 0 aliphatic heterocycles. The highest BCUT2D eigenvalue weighted by atomic mass is 19.3. The smallest absolute Gasteiger partial charge is 0.387 e. The number of hydrogen-bond acceptors (Lipinski definition) is 5. The Morgan fingerprint density at radius 1 is 1.29 bits per heavy atom. The molecule has 0 aliphatic carbocycles. The number of hydrogen-bond donors (Lipinski definition) is 3. The number of anilines is 2. The minimum absolute atomic E-state index is 0.0808. The van der Waals surface area contributed by atoms with Crippen molar-refractivity contribution in [2.45, 2.75) is 6.61 Å². The van der Waals surface area contributed by atoms with Crippen molar-refractivity contribution in [2.24, 2.45) is 5.84 Å². The fourth-order valence-electron chi connectivity index (χ4n) is 1.60. The van der Waals surface area contributed by atoms with E-state index in [0.717, 1.165) is 0 Å². The predicted octanol–water partition coefficient (Wildman–Crippen LogP) is 2.22. The van der Waals surface area contributed by atoms with Gasteiger partial charge in [0.2, 0.25) is 0 Å². The number of rotatable bonds is 5. The second-order valence-corrected chi connectivity index (χ2v) is 3.90. The summed E-state index contributed by atoms with van der Waals surface area (Å²) in [6.07, 6.45) is 1.39. The minimum Gasteiger partial charge on any atom is -0.433 e. The number of amides is 1. The first-order valence-electron chi connectivity index (χ1n) is 5.88. The third kappa shape index (κ3) is 3.86. The van der Waals surface area contributed by atoms with Gasteiger partial charge in [-0.05, 0) is 24.3 Å². The Kier molecular flexibility index (Phi) is 4.62. The maximum atomic E-state index is 12.3. The monoisotopic (exact) mass is 294 g/mol. The van der Waals surface area contributed by atoms with E-state index in [1.54, 1.807) is 12.1 Å². The van der Waals surface area contributed by atoms with Crippen LogP contribution in [0, 0.1) is 0 Å². The average Bonchev–Trinajstić information content (AvgIpc) is 2.48. The summed E-state index contributed by atoms with van der Waals surface area (Å²) < 4.78 is 28.9. The lowest BCUT2D eigenvalue weighted by molar-refractivity contribution is -0.0493. The number of ether oxygens (including phenoxy) is 1. The molecule has 2 aromatic rings. The average molecular weight is 294 g/mol. The molecule has 0 saturated heterocycles. The van der Waals surface area contributed by atoms with E-state index in [2.05, 4.69) is 20.5 Å². The summed E-state index contributed by atoms with van der Waals surface area (Å²) in [6, 6.07) is 8.87. The predicted molar refractivity (Wildman–Crippen MR) is 73.1 cm³/mol. The molecule has 1 aromatic heterocycles. The molecule has 2 rings (SSSR count). The summed E-state index contributed by atoms with van der Waals surface area (Å²) in [4.78, 5) is 15.9. The normalized spacial score (nSPS) is 10.3. The molecule has 0 saturated carbocycles. The second kappa shape index (κ2) is 6.62. The number of benzene rings is 1. The molecule has 0 radical (unpaired) electrons. The fraction of sp³-hybridized carbons (Fsp3) is 0.0769. The Labute approximate surface area is 118 Å². The molecule has 21 heavy (non-hydrogen) atoms. The topological polar surface area (TPSA) is 89.3 Å². The number of carbonyl (C=O) groups excluding carboxylic acids is 1. The van der Waals surface area contributed by atoms with E-state index >= 15 is 0 Å². The van der Waals surface area contributed by atoms with Gasteiger partial charge in [-0.3, -0.25) is 15.6 Å². The SMILES string of the molecule is NNc1ccnc(C(=O)Nc2ccccc2OC(F)F)c1. The van der Waals surface area contributed by atoms with Gasteiger partial charge < -0.3 is 15.5 Å². The fourth-order valence-corrected chi connectivity index (χ4v) is 1.60. The number of nitrogens with two attached hydrogens (primary N) is 1. The molecule has 0 unspecified atom stereocenters. The van der Waals surface area contributed by atoms with E-state index in [4.69, 9.17) is 5.84 Å². The second-order valence-electron chi connectivity index (χ2n) is 3.90. The Bertz CT molecular complexity index is 637. The van der Waals surface area contributed by atoms with Crippen molar-refractivity contribution < 1.29 is 18.3 Å². The molecule has 110 valence electrons. The Balaban J connectivity index is 2.19. The van der Waals surface area contributed by atoms with Crippen molar-refractivity contribution in [1.29, 1.82) is 0 Å². The van der Waals surface area contributed by atoms with E-state index in [1.807, 2.05) is 0 Å². The van der Waals surface area contributed by atoms with Gasteiger partial charge in [0.15, 0.2) is 0 Å². The number of hydrazine groups is 1. The lowest BCUT2D eigenvalue weighted by Crippen LogP contribution is -2.16. The quantitative estimate of drug-likeness (QED) is 0.581. The van der Waals surface area contributed by atoms with Gasteiger partial charge in [0.1, 0.15) is 11.4 Å². The number of nitrogen functional groups attached to an aromatic ring is 1. The van der Waals surface area contributed by atoms with Crippen LogP contribution in [0.5, 0.6) is 5.75 Å². The maximum Gasteiger partial charge on any atom is 0.387 e. The van der Waals surface area contributed by atoms with Gasteiger partial charge in [-0.2, -0.15) is 8.78 Å². The molecule has 1 amide bonds. The Hall–Kier alpha value is -2.74. The van der Waals surface area contributed by atoms with Gasteiger partial charge in [0.25, 0.3) is 5.91 Å². The number of carbonyl (C=O) groups is 1. The number of nitrogens with one attached hydrogen (secondary N) is 2. The van der Waals surface area contributed by atoms with Gasteiger partial charge in [0.05, 0.1) is 11.4 Å². The third-order valence-corrected chi connectivity index (χ3v) is 2.51. The minimum atomic E-state index is -2.98. The van der Waals surface area contributed by atoms with Gasteiger partial charge in [-0.1, -0.05) is 12.1 Å². The summed E-state index contributed by atoms with van der Waals surface area (Å²) >= 11 is 0. The molecule has 1 heterocycles. The van der Waals surface area contributed by atoms with Crippen molar-refractivity contribution in [3.05, 3.63) is 48.3 Å². The van der Waals surface area contributed by atoms with Gasteiger partial charge in [-0.25, -0.2) is 0 Å². The molecule has 4 N–H and O–H groups in total. The molecule has 0 spiro atoms. The van der Waals surface area contributed by atoms with Crippen LogP contribution >= 0.6 is 0 Å². The first kappa shape index (κ1) is 14.7. The highest BCUT2D eigenvalue weighted by molar-refractivity contribution is 6.04. The van der Waals surface area contributed by atoms with Crippen LogP contribution in [0.2, 0.25) is 0 Å². The zero-order valence-electron chi connectivity index (χ0n) is 10.7. The lowest BCUT2D eigenvalue weighted by atomic mass is 10.2. The first-order valence-corrected chi connectivity index (χ1v) is 5.88. The van der Waals surface area contributed by atoms with Crippen LogP contribution in [0.25, 0.3) is 0 Å². The summed E-state index contributed by atoms with van der Waals surface area (Å²) in [5, 5.41) is 2.46. The van der Waals surface area contributed by atoms with Crippen molar-refractivity contribution in [3.8, 4) is 5.75 Å². The molecule has 6 nitrogen and oxygen atoms in total. The van der Waals surface area contributed by atoms with Crippen LogP contribution in [0.1, 0.15) is 10.5 Å². The molecule has 0 aliphatic rings. The molecular weight excluding hydrogens is 282 g/mol.